The third-order valence-corrected chi connectivity index (χ3v) is 8.20. The van der Waals surface area contributed by atoms with Crippen molar-refractivity contribution >= 4 is 29.2 Å². The summed E-state index contributed by atoms with van der Waals surface area (Å²) in [5, 5.41) is 24.6. The number of thiazole rings is 1. The Bertz CT molecular complexity index is 861. The minimum atomic E-state index is -1.20. The number of aliphatic hydroxyl groups excluding tert-OH is 2. The number of hydrogen-bond donors (Lipinski definition) is 2. The van der Waals surface area contributed by atoms with Crippen LogP contribution in [0, 0.1) is 30.1 Å². The van der Waals surface area contributed by atoms with Crippen molar-refractivity contribution in [1.82, 2.24) is 4.98 Å². The number of rotatable bonds is 2. The number of ether oxygens (including phenoxy) is 1. The first-order valence-corrected chi connectivity index (χ1v) is 13.4. The fourth-order valence-corrected chi connectivity index (χ4v) is 5.28. The molecule has 1 fully saturated rings. The van der Waals surface area contributed by atoms with Crippen molar-refractivity contribution in [3.8, 4) is 0 Å². The quantitative estimate of drug-likeness (QED) is 0.539. The van der Waals surface area contributed by atoms with E-state index in [2.05, 4.69) is 11.9 Å². The number of carbonyl (C=O) groups excluding carboxylic acids is 2. The van der Waals surface area contributed by atoms with Gasteiger partial charge in [0.1, 0.15) is 11.9 Å². The predicted octanol–water partition coefficient (Wildman–Crippen LogP) is 5.35. The summed E-state index contributed by atoms with van der Waals surface area (Å²) in [6.45, 7) is 13.1. The van der Waals surface area contributed by atoms with Crippen molar-refractivity contribution in [2.75, 3.05) is 0 Å². The number of aromatic nitrogens is 1. The summed E-state index contributed by atoms with van der Waals surface area (Å²) in [6, 6.07) is 0. The molecule has 0 bridgehead atoms. The largest absolute Gasteiger partial charge is 0.458 e. The van der Waals surface area contributed by atoms with Crippen molar-refractivity contribution in [2.45, 2.75) is 105 Å². The minimum absolute atomic E-state index is 0.0172. The maximum absolute atomic E-state index is 13.2. The normalized spacial score (nSPS) is 32.9. The van der Waals surface area contributed by atoms with Crippen LogP contribution in [0.1, 0.15) is 90.8 Å². The highest BCUT2D eigenvalue weighted by molar-refractivity contribution is 7.09. The number of hydrogen-bond acceptors (Lipinski definition) is 7. The van der Waals surface area contributed by atoms with Gasteiger partial charge in [0.15, 0.2) is 0 Å². The van der Waals surface area contributed by atoms with Crippen LogP contribution >= 0.6 is 11.3 Å². The number of carbonyl (C=O) groups is 2. The predicted molar refractivity (Wildman–Crippen MR) is 136 cm³/mol. The van der Waals surface area contributed by atoms with Gasteiger partial charge in [-0.3, -0.25) is 9.59 Å². The standard InChI is InChI=1S/C27H43NO5S/c1-16-9-8-10-17(2)25(31)19(4)26(32)27(6,7)23(29)14-24(30)33-22(12-11-16)18(3)13-21-15-34-20(5)28-21/h13,15-17,19,22-23,25,29,31H,8-12,14H2,1-7H3/b18-13+/t16-,17-,19+,22-,23-,25-/m0/s1. The van der Waals surface area contributed by atoms with Gasteiger partial charge in [-0.2, -0.15) is 0 Å². The molecule has 0 amide bonds. The van der Waals surface area contributed by atoms with Gasteiger partial charge in [0.25, 0.3) is 0 Å². The number of cyclic esters (lactones) is 1. The van der Waals surface area contributed by atoms with Crippen molar-refractivity contribution in [3.63, 3.8) is 0 Å². The van der Waals surface area contributed by atoms with Crippen molar-refractivity contribution < 1.29 is 24.5 Å². The van der Waals surface area contributed by atoms with E-state index in [9.17, 15) is 19.8 Å². The van der Waals surface area contributed by atoms with E-state index < -0.39 is 35.6 Å². The fourth-order valence-electron chi connectivity index (χ4n) is 4.71. The molecule has 2 N–H and O–H groups in total. The number of ketones is 1. The Morgan fingerprint density at radius 2 is 1.82 bits per heavy atom. The number of aliphatic hydroxyl groups is 2. The third kappa shape index (κ3) is 7.72. The zero-order valence-corrected chi connectivity index (χ0v) is 22.7. The lowest BCUT2D eigenvalue weighted by Gasteiger charge is -2.34. The molecule has 6 nitrogen and oxygen atoms in total. The number of Topliss-reactive ketones (excluding diaryl/α,β-unsaturated/α-hetero) is 1. The van der Waals surface area contributed by atoms with Crippen LogP contribution in [0.25, 0.3) is 6.08 Å². The zero-order valence-electron chi connectivity index (χ0n) is 21.8. The van der Waals surface area contributed by atoms with Crippen LogP contribution in [-0.4, -0.2) is 45.3 Å². The summed E-state index contributed by atoms with van der Waals surface area (Å²) in [5.74, 6) is -0.964. The van der Waals surface area contributed by atoms with E-state index in [4.69, 9.17) is 4.74 Å². The van der Waals surface area contributed by atoms with E-state index in [0.29, 0.717) is 12.3 Å². The second-order valence-electron chi connectivity index (χ2n) is 10.8. The van der Waals surface area contributed by atoms with E-state index in [1.54, 1.807) is 32.1 Å². The summed E-state index contributed by atoms with van der Waals surface area (Å²) in [6.07, 6.45) is 3.71. The van der Waals surface area contributed by atoms with Gasteiger partial charge in [-0.25, -0.2) is 4.98 Å². The highest BCUT2D eigenvalue weighted by Crippen LogP contribution is 2.33. The van der Waals surface area contributed by atoms with Crippen LogP contribution in [0.2, 0.25) is 0 Å². The van der Waals surface area contributed by atoms with E-state index in [0.717, 1.165) is 42.0 Å². The lowest BCUT2D eigenvalue weighted by atomic mass is 9.73. The first-order chi connectivity index (χ1) is 15.8. The van der Waals surface area contributed by atoms with Gasteiger partial charge < -0.3 is 14.9 Å². The first kappa shape index (κ1) is 28.7. The lowest BCUT2D eigenvalue weighted by Crippen LogP contribution is -2.45. The average Bonchev–Trinajstić information content (AvgIpc) is 3.18. The van der Waals surface area contributed by atoms with Gasteiger partial charge in [0, 0.05) is 11.3 Å². The first-order valence-electron chi connectivity index (χ1n) is 12.5. The Balaban J connectivity index is 2.27. The molecule has 2 heterocycles. The molecule has 0 aliphatic carbocycles. The molecule has 1 saturated heterocycles. The van der Waals surface area contributed by atoms with Crippen LogP contribution < -0.4 is 0 Å². The van der Waals surface area contributed by atoms with Crippen LogP contribution in [0.4, 0.5) is 0 Å². The fraction of sp³-hybridized carbons (Fsp3) is 0.741. The monoisotopic (exact) mass is 493 g/mol. The van der Waals surface area contributed by atoms with Crippen molar-refractivity contribution in [2.24, 2.45) is 23.2 Å². The maximum atomic E-state index is 13.2. The lowest BCUT2D eigenvalue weighted by molar-refractivity contribution is -0.154. The Morgan fingerprint density at radius 1 is 1.15 bits per heavy atom. The van der Waals surface area contributed by atoms with Gasteiger partial charge in [0.05, 0.1) is 34.7 Å². The van der Waals surface area contributed by atoms with Gasteiger partial charge in [0.2, 0.25) is 0 Å². The van der Waals surface area contributed by atoms with E-state index in [1.165, 1.54) is 0 Å². The molecule has 34 heavy (non-hydrogen) atoms. The third-order valence-electron chi connectivity index (χ3n) is 7.41. The SMILES string of the molecule is C/C(=C\c1csc(C)n1)[C@@H]1CC[C@@H](C)CCC[C@H](C)[C@H](O)[C@@H](C)C(=O)C(C)(C)[C@@H](O)CC(=O)O1. The van der Waals surface area contributed by atoms with Crippen molar-refractivity contribution in [1.29, 1.82) is 0 Å². The van der Waals surface area contributed by atoms with E-state index in [1.807, 2.05) is 32.2 Å². The summed E-state index contributed by atoms with van der Waals surface area (Å²) < 4.78 is 5.85. The molecule has 0 unspecified atom stereocenters. The van der Waals surface area contributed by atoms with Crippen molar-refractivity contribution in [3.05, 3.63) is 21.7 Å². The summed E-state index contributed by atoms with van der Waals surface area (Å²) in [4.78, 5) is 30.5. The average molecular weight is 494 g/mol. The van der Waals surface area contributed by atoms with E-state index >= 15 is 0 Å². The molecule has 0 radical (unpaired) electrons. The molecule has 2 rings (SSSR count). The number of aryl methyl sites for hydroxylation is 1. The molecular weight excluding hydrogens is 450 g/mol. The number of esters is 1. The molecule has 6 atom stereocenters. The van der Waals surface area contributed by atoms with Gasteiger partial charge in [-0.15, -0.1) is 11.3 Å². The Kier molecular flexibility index (Phi) is 10.5. The summed E-state index contributed by atoms with van der Waals surface area (Å²) in [5.41, 5.74) is 0.593. The molecule has 1 aromatic heterocycles. The molecule has 1 aromatic rings. The Labute approximate surface area is 208 Å². The topological polar surface area (TPSA) is 96.7 Å². The molecule has 0 saturated carbocycles. The smallest absolute Gasteiger partial charge is 0.309 e. The summed E-state index contributed by atoms with van der Waals surface area (Å²) in [7, 11) is 0. The van der Waals surface area contributed by atoms with E-state index in [-0.39, 0.29) is 18.1 Å². The molecule has 1 aliphatic heterocycles. The number of nitrogens with zero attached hydrogens (tertiary/aromatic N) is 1. The highest BCUT2D eigenvalue weighted by atomic mass is 32.1. The van der Waals surface area contributed by atoms with Crippen LogP contribution in [0.5, 0.6) is 0 Å². The molecule has 1 aliphatic rings. The molecule has 0 aromatic carbocycles. The molecule has 192 valence electrons. The molecule has 0 spiro atoms. The summed E-state index contributed by atoms with van der Waals surface area (Å²) >= 11 is 1.57. The molecule has 7 heteroatoms. The Morgan fingerprint density at radius 3 is 2.44 bits per heavy atom. The van der Waals surface area contributed by atoms with Gasteiger partial charge >= 0.3 is 5.97 Å². The maximum Gasteiger partial charge on any atom is 0.309 e. The second-order valence-corrected chi connectivity index (χ2v) is 11.9. The highest BCUT2D eigenvalue weighted by Gasteiger charge is 2.42. The molecular formula is C27H43NO5S. The van der Waals surface area contributed by atoms with Gasteiger partial charge in [-0.05, 0) is 56.6 Å². The van der Waals surface area contributed by atoms with Crippen LogP contribution in [-0.2, 0) is 14.3 Å². The van der Waals surface area contributed by atoms with Crippen LogP contribution in [0.15, 0.2) is 11.0 Å². The minimum Gasteiger partial charge on any atom is -0.458 e. The van der Waals surface area contributed by atoms with Gasteiger partial charge in [-0.1, -0.05) is 47.5 Å². The Hall–Kier alpha value is -1.57. The zero-order chi connectivity index (χ0) is 25.6. The second kappa shape index (κ2) is 12.4. The van der Waals surface area contributed by atoms with Crippen LogP contribution in [0.3, 0.4) is 0 Å².